The highest BCUT2D eigenvalue weighted by Crippen LogP contribution is 2.24. The molecule has 0 fully saturated rings. The van der Waals surface area contributed by atoms with E-state index >= 15 is 0 Å². The normalized spacial score (nSPS) is 14.5. The monoisotopic (exact) mass is 258 g/mol. The summed E-state index contributed by atoms with van der Waals surface area (Å²) in [4.78, 5) is 0. The topological polar surface area (TPSA) is 29.5 Å². The summed E-state index contributed by atoms with van der Waals surface area (Å²) in [5, 5.41) is 12.6. The summed E-state index contributed by atoms with van der Waals surface area (Å²) in [5.74, 6) is 0. The van der Waals surface area contributed by atoms with Crippen LogP contribution < -0.4 is 0 Å². The maximum Gasteiger partial charge on any atom is 0.103 e. The van der Waals surface area contributed by atoms with Crippen LogP contribution >= 0.6 is 0 Å². The zero-order valence-electron chi connectivity index (χ0n) is 11.7. The van der Waals surface area contributed by atoms with Crippen LogP contribution in [0.1, 0.15) is 38.4 Å². The number of rotatable bonds is 6. The van der Waals surface area contributed by atoms with Gasteiger partial charge in [0, 0.05) is 0 Å². The molecule has 0 saturated carbocycles. The minimum atomic E-state index is -0.564. The molecule has 1 N–H and O–H groups in total. The molecule has 0 saturated heterocycles. The SMILES string of the molecule is CCCC(C)OCC(O)c1cccc2ccccc12. The fraction of sp³-hybridized carbons (Fsp3) is 0.412. The van der Waals surface area contributed by atoms with Gasteiger partial charge in [-0.25, -0.2) is 0 Å². The summed E-state index contributed by atoms with van der Waals surface area (Å²) in [6.07, 6.45) is 1.77. The summed E-state index contributed by atoms with van der Waals surface area (Å²) in [6, 6.07) is 14.1. The first-order valence-electron chi connectivity index (χ1n) is 6.99. The van der Waals surface area contributed by atoms with Crippen LogP contribution in [-0.2, 0) is 4.74 Å². The molecule has 2 rings (SSSR count). The molecule has 2 heteroatoms. The van der Waals surface area contributed by atoms with E-state index in [0.717, 1.165) is 29.2 Å². The van der Waals surface area contributed by atoms with Crippen molar-refractivity contribution >= 4 is 10.8 Å². The quantitative estimate of drug-likeness (QED) is 0.846. The summed E-state index contributed by atoms with van der Waals surface area (Å²) in [7, 11) is 0. The van der Waals surface area contributed by atoms with E-state index in [9.17, 15) is 5.11 Å². The standard InChI is InChI=1S/C17H22O2/c1-3-7-13(2)19-12-17(18)16-11-6-9-14-8-4-5-10-15(14)16/h4-6,8-11,13,17-18H,3,7,12H2,1-2H3. The van der Waals surface area contributed by atoms with Gasteiger partial charge in [-0.15, -0.1) is 0 Å². The highest BCUT2D eigenvalue weighted by Gasteiger charge is 2.12. The second kappa shape index (κ2) is 6.69. The lowest BCUT2D eigenvalue weighted by Crippen LogP contribution is -2.14. The van der Waals surface area contributed by atoms with Gasteiger partial charge in [0.05, 0.1) is 12.7 Å². The molecule has 0 radical (unpaired) electrons. The van der Waals surface area contributed by atoms with Gasteiger partial charge >= 0.3 is 0 Å². The minimum absolute atomic E-state index is 0.203. The Bertz CT molecular complexity index is 516. The van der Waals surface area contributed by atoms with Gasteiger partial charge in [0.1, 0.15) is 6.10 Å². The molecule has 2 unspecified atom stereocenters. The van der Waals surface area contributed by atoms with Gasteiger partial charge in [0.2, 0.25) is 0 Å². The molecule has 2 aromatic rings. The Morgan fingerprint density at radius 1 is 1.11 bits per heavy atom. The summed E-state index contributed by atoms with van der Waals surface area (Å²) in [6.45, 7) is 4.55. The molecule has 2 aromatic carbocycles. The lowest BCUT2D eigenvalue weighted by Gasteiger charge is -2.17. The van der Waals surface area contributed by atoms with Crippen LogP contribution in [0.4, 0.5) is 0 Å². The van der Waals surface area contributed by atoms with Crippen molar-refractivity contribution in [2.45, 2.75) is 38.9 Å². The molecular formula is C17H22O2. The van der Waals surface area contributed by atoms with Crippen LogP contribution in [0.25, 0.3) is 10.8 Å². The summed E-state index contributed by atoms with van der Waals surface area (Å²) < 4.78 is 5.70. The Labute approximate surface area is 115 Å². The maximum absolute atomic E-state index is 10.3. The number of hydrogen-bond acceptors (Lipinski definition) is 2. The molecule has 0 aliphatic rings. The van der Waals surface area contributed by atoms with Crippen molar-refractivity contribution in [3.8, 4) is 0 Å². The lowest BCUT2D eigenvalue weighted by atomic mass is 10.0. The predicted molar refractivity (Wildman–Crippen MR) is 79.2 cm³/mol. The van der Waals surface area contributed by atoms with Crippen LogP contribution in [0, 0.1) is 0 Å². The first-order valence-corrected chi connectivity index (χ1v) is 6.99. The minimum Gasteiger partial charge on any atom is -0.386 e. The molecule has 2 atom stereocenters. The number of ether oxygens (including phenoxy) is 1. The van der Waals surface area contributed by atoms with Crippen LogP contribution in [0.3, 0.4) is 0 Å². The van der Waals surface area contributed by atoms with Crippen LogP contribution in [0.15, 0.2) is 42.5 Å². The first-order chi connectivity index (χ1) is 9.22. The Balaban J connectivity index is 2.11. The van der Waals surface area contributed by atoms with Gasteiger partial charge in [0.15, 0.2) is 0 Å². The van der Waals surface area contributed by atoms with E-state index < -0.39 is 6.10 Å². The zero-order valence-corrected chi connectivity index (χ0v) is 11.7. The van der Waals surface area contributed by atoms with Crippen molar-refractivity contribution < 1.29 is 9.84 Å². The number of aliphatic hydroxyl groups is 1. The third-order valence-electron chi connectivity index (χ3n) is 3.42. The highest BCUT2D eigenvalue weighted by atomic mass is 16.5. The van der Waals surface area contributed by atoms with Crippen molar-refractivity contribution in [2.24, 2.45) is 0 Å². The van der Waals surface area contributed by atoms with Crippen LogP contribution in [-0.4, -0.2) is 17.8 Å². The smallest absolute Gasteiger partial charge is 0.103 e. The molecule has 102 valence electrons. The van der Waals surface area contributed by atoms with Gasteiger partial charge in [-0.2, -0.15) is 0 Å². The van der Waals surface area contributed by atoms with E-state index in [0.29, 0.717) is 6.61 Å². The molecule has 0 bridgehead atoms. The predicted octanol–water partition coefficient (Wildman–Crippen LogP) is 4.08. The van der Waals surface area contributed by atoms with Gasteiger partial charge in [-0.1, -0.05) is 55.8 Å². The van der Waals surface area contributed by atoms with Crippen molar-refractivity contribution in [2.75, 3.05) is 6.61 Å². The Kier molecular flexibility index (Phi) is 4.94. The van der Waals surface area contributed by atoms with Crippen molar-refractivity contribution in [3.63, 3.8) is 0 Å². The molecule has 0 aliphatic heterocycles. The van der Waals surface area contributed by atoms with E-state index in [1.807, 2.05) is 30.3 Å². The van der Waals surface area contributed by atoms with E-state index in [-0.39, 0.29) is 6.10 Å². The van der Waals surface area contributed by atoms with E-state index in [4.69, 9.17) is 4.74 Å². The average Bonchev–Trinajstić information content (AvgIpc) is 2.44. The van der Waals surface area contributed by atoms with Crippen molar-refractivity contribution in [1.29, 1.82) is 0 Å². The fourth-order valence-corrected chi connectivity index (χ4v) is 2.38. The molecule has 0 aliphatic carbocycles. The largest absolute Gasteiger partial charge is 0.386 e. The van der Waals surface area contributed by atoms with Gasteiger partial charge < -0.3 is 9.84 Å². The second-order valence-electron chi connectivity index (χ2n) is 5.02. The highest BCUT2D eigenvalue weighted by molar-refractivity contribution is 5.85. The lowest BCUT2D eigenvalue weighted by molar-refractivity contribution is -0.00533. The van der Waals surface area contributed by atoms with E-state index in [1.165, 1.54) is 0 Å². The Hall–Kier alpha value is -1.38. The third kappa shape index (κ3) is 3.55. The summed E-state index contributed by atoms with van der Waals surface area (Å²) >= 11 is 0. The number of benzene rings is 2. The zero-order chi connectivity index (χ0) is 13.7. The van der Waals surface area contributed by atoms with Gasteiger partial charge in [-0.05, 0) is 29.7 Å². The Morgan fingerprint density at radius 3 is 2.63 bits per heavy atom. The Morgan fingerprint density at radius 2 is 1.84 bits per heavy atom. The van der Waals surface area contributed by atoms with Gasteiger partial charge in [0.25, 0.3) is 0 Å². The molecule has 0 heterocycles. The first kappa shape index (κ1) is 14.0. The molecule has 2 nitrogen and oxygen atoms in total. The molecule has 0 aromatic heterocycles. The van der Waals surface area contributed by atoms with E-state index in [1.54, 1.807) is 0 Å². The van der Waals surface area contributed by atoms with Crippen molar-refractivity contribution in [1.82, 2.24) is 0 Å². The maximum atomic E-state index is 10.3. The number of fused-ring (bicyclic) bond motifs is 1. The molecule has 19 heavy (non-hydrogen) atoms. The molecule has 0 spiro atoms. The second-order valence-corrected chi connectivity index (χ2v) is 5.02. The van der Waals surface area contributed by atoms with Crippen LogP contribution in [0.2, 0.25) is 0 Å². The van der Waals surface area contributed by atoms with Crippen molar-refractivity contribution in [3.05, 3.63) is 48.0 Å². The fourth-order valence-electron chi connectivity index (χ4n) is 2.38. The third-order valence-corrected chi connectivity index (χ3v) is 3.42. The molecule has 0 amide bonds. The average molecular weight is 258 g/mol. The van der Waals surface area contributed by atoms with Crippen LogP contribution in [0.5, 0.6) is 0 Å². The number of hydrogen-bond donors (Lipinski definition) is 1. The van der Waals surface area contributed by atoms with Gasteiger partial charge in [-0.3, -0.25) is 0 Å². The summed E-state index contributed by atoms with van der Waals surface area (Å²) in [5.41, 5.74) is 0.946. The van der Waals surface area contributed by atoms with E-state index in [2.05, 4.69) is 26.0 Å². The number of aliphatic hydroxyl groups excluding tert-OH is 1. The molecular weight excluding hydrogens is 236 g/mol.